The number of rotatable bonds is 4. The second kappa shape index (κ2) is 7.79. The van der Waals surface area contributed by atoms with Gasteiger partial charge in [-0.15, -0.1) is 0 Å². The number of nitrogens with zero attached hydrogens (tertiary/aromatic N) is 2. The van der Waals surface area contributed by atoms with Gasteiger partial charge in [-0.05, 0) is 35.9 Å². The molecule has 138 valence electrons. The second-order valence-corrected chi connectivity index (χ2v) is 6.15. The summed E-state index contributed by atoms with van der Waals surface area (Å²) in [5.41, 5.74) is 2.22. The Hall–Kier alpha value is -3.53. The molecule has 1 saturated heterocycles. The van der Waals surface area contributed by atoms with Crippen LogP contribution in [-0.2, 0) is 4.74 Å². The molecule has 0 bridgehead atoms. The van der Waals surface area contributed by atoms with Gasteiger partial charge in [0.25, 0.3) is 0 Å². The van der Waals surface area contributed by atoms with Crippen molar-refractivity contribution in [2.45, 2.75) is 12.5 Å². The third-order valence-electron chi connectivity index (χ3n) is 4.41. The van der Waals surface area contributed by atoms with E-state index >= 15 is 0 Å². The van der Waals surface area contributed by atoms with E-state index in [9.17, 15) is 9.59 Å². The summed E-state index contributed by atoms with van der Waals surface area (Å²) in [5.74, 6) is 0.0483. The number of nitriles is 1. The van der Waals surface area contributed by atoms with Gasteiger partial charge in [0.15, 0.2) is 0 Å². The SMILES string of the molecule is COC(=O)c1ccc(O[C@@H]2CCN(C(=O)O)C2)c(-c2cccc(C#N)c2)c1. The number of likely N-dealkylation sites (tertiary alicyclic amines) is 1. The molecule has 0 aliphatic carbocycles. The summed E-state index contributed by atoms with van der Waals surface area (Å²) in [4.78, 5) is 24.3. The average Bonchev–Trinajstić information content (AvgIpc) is 3.16. The second-order valence-electron chi connectivity index (χ2n) is 6.15. The monoisotopic (exact) mass is 366 g/mol. The van der Waals surface area contributed by atoms with E-state index in [2.05, 4.69) is 6.07 Å². The molecular weight excluding hydrogens is 348 g/mol. The number of methoxy groups -OCH3 is 1. The van der Waals surface area contributed by atoms with Crippen LogP contribution in [0.4, 0.5) is 4.79 Å². The lowest BCUT2D eigenvalue weighted by molar-refractivity contribution is 0.0600. The smallest absolute Gasteiger partial charge is 0.407 e. The van der Waals surface area contributed by atoms with Crippen LogP contribution in [0.15, 0.2) is 42.5 Å². The quantitative estimate of drug-likeness (QED) is 0.835. The van der Waals surface area contributed by atoms with E-state index in [1.54, 1.807) is 36.4 Å². The maximum Gasteiger partial charge on any atom is 0.407 e. The van der Waals surface area contributed by atoms with Gasteiger partial charge in [0.05, 0.1) is 30.9 Å². The first-order valence-corrected chi connectivity index (χ1v) is 8.39. The molecule has 1 aliphatic rings. The predicted octanol–water partition coefficient (Wildman–Crippen LogP) is 3.14. The molecule has 2 aromatic rings. The van der Waals surface area contributed by atoms with Crippen LogP contribution >= 0.6 is 0 Å². The van der Waals surface area contributed by atoms with Crippen molar-refractivity contribution in [3.63, 3.8) is 0 Å². The summed E-state index contributed by atoms with van der Waals surface area (Å²) in [7, 11) is 1.31. The molecule has 7 heteroatoms. The van der Waals surface area contributed by atoms with E-state index < -0.39 is 12.1 Å². The zero-order valence-corrected chi connectivity index (χ0v) is 14.7. The molecule has 1 atom stereocenters. The Bertz CT molecular complexity index is 919. The predicted molar refractivity (Wildman–Crippen MR) is 96.6 cm³/mol. The molecule has 0 radical (unpaired) electrons. The first-order valence-electron chi connectivity index (χ1n) is 8.39. The molecule has 1 fully saturated rings. The Morgan fingerprint density at radius 2 is 2.07 bits per heavy atom. The van der Waals surface area contributed by atoms with Crippen molar-refractivity contribution >= 4 is 12.1 Å². The number of carbonyl (C=O) groups is 2. The van der Waals surface area contributed by atoms with E-state index in [4.69, 9.17) is 19.8 Å². The van der Waals surface area contributed by atoms with Crippen LogP contribution in [0.25, 0.3) is 11.1 Å². The fraction of sp³-hybridized carbons (Fsp3) is 0.250. The molecule has 27 heavy (non-hydrogen) atoms. The topological polar surface area (TPSA) is 99.9 Å². The van der Waals surface area contributed by atoms with E-state index in [1.807, 2.05) is 6.07 Å². The minimum atomic E-state index is -0.968. The first-order chi connectivity index (χ1) is 13.0. The maximum atomic E-state index is 11.9. The number of amides is 1. The largest absolute Gasteiger partial charge is 0.488 e. The lowest BCUT2D eigenvalue weighted by Gasteiger charge is -2.18. The summed E-state index contributed by atoms with van der Waals surface area (Å²) in [6.45, 7) is 0.700. The Balaban J connectivity index is 1.96. The Morgan fingerprint density at radius 1 is 1.26 bits per heavy atom. The fourth-order valence-electron chi connectivity index (χ4n) is 3.04. The van der Waals surface area contributed by atoms with Crippen molar-refractivity contribution in [3.8, 4) is 22.9 Å². The highest BCUT2D eigenvalue weighted by Gasteiger charge is 2.28. The minimum absolute atomic E-state index is 0.275. The molecule has 0 aromatic heterocycles. The molecule has 0 spiro atoms. The van der Waals surface area contributed by atoms with Gasteiger partial charge in [-0.25, -0.2) is 9.59 Å². The number of carboxylic acid groups (broad SMARTS) is 1. The van der Waals surface area contributed by atoms with Crippen molar-refractivity contribution in [2.75, 3.05) is 20.2 Å². The Kier molecular flexibility index (Phi) is 5.27. The minimum Gasteiger partial charge on any atom is -0.488 e. The first kappa shape index (κ1) is 18.3. The highest BCUT2D eigenvalue weighted by Crippen LogP contribution is 2.33. The van der Waals surface area contributed by atoms with E-state index in [0.717, 1.165) is 5.56 Å². The zero-order chi connectivity index (χ0) is 19.4. The highest BCUT2D eigenvalue weighted by molar-refractivity contribution is 5.92. The van der Waals surface area contributed by atoms with Crippen LogP contribution in [0.1, 0.15) is 22.3 Å². The van der Waals surface area contributed by atoms with Crippen LogP contribution in [0.5, 0.6) is 5.75 Å². The van der Waals surface area contributed by atoms with Crippen LogP contribution in [-0.4, -0.2) is 48.4 Å². The standard InChI is InChI=1S/C20H18N2O5/c1-26-19(23)15-5-6-18(27-16-7-8-22(12-16)20(24)25)17(10-15)14-4-2-3-13(9-14)11-21/h2-6,9-10,16H,7-8,12H2,1H3,(H,24,25)/t16-/m1/s1. The number of hydrogen-bond donors (Lipinski definition) is 1. The van der Waals surface area contributed by atoms with Crippen molar-refractivity contribution in [2.24, 2.45) is 0 Å². The van der Waals surface area contributed by atoms with Gasteiger partial charge >= 0.3 is 12.1 Å². The van der Waals surface area contributed by atoms with E-state index in [-0.39, 0.29) is 12.6 Å². The molecule has 0 saturated carbocycles. The van der Waals surface area contributed by atoms with Crippen LogP contribution < -0.4 is 4.74 Å². The van der Waals surface area contributed by atoms with Gasteiger partial charge in [-0.1, -0.05) is 12.1 Å². The van der Waals surface area contributed by atoms with Gasteiger partial charge in [0.1, 0.15) is 11.9 Å². The number of benzene rings is 2. The van der Waals surface area contributed by atoms with Crippen molar-refractivity contribution in [3.05, 3.63) is 53.6 Å². The van der Waals surface area contributed by atoms with E-state index in [1.165, 1.54) is 12.0 Å². The number of ether oxygens (including phenoxy) is 2. The maximum absolute atomic E-state index is 11.9. The van der Waals surface area contributed by atoms with Crippen LogP contribution in [0.3, 0.4) is 0 Å². The number of carbonyl (C=O) groups excluding carboxylic acids is 1. The van der Waals surface area contributed by atoms with Crippen molar-refractivity contribution in [1.29, 1.82) is 5.26 Å². The molecule has 7 nitrogen and oxygen atoms in total. The molecule has 1 N–H and O–H groups in total. The van der Waals surface area contributed by atoms with E-state index in [0.29, 0.717) is 35.4 Å². The third-order valence-corrected chi connectivity index (χ3v) is 4.41. The summed E-state index contributed by atoms with van der Waals surface area (Å²) in [6.07, 6.45) is -0.657. The van der Waals surface area contributed by atoms with Gasteiger partial charge in [-0.3, -0.25) is 0 Å². The Labute approximate surface area is 156 Å². The molecule has 1 heterocycles. The average molecular weight is 366 g/mol. The summed E-state index contributed by atoms with van der Waals surface area (Å²) >= 11 is 0. The normalized spacial score (nSPS) is 15.9. The van der Waals surface area contributed by atoms with Crippen molar-refractivity contribution in [1.82, 2.24) is 4.90 Å². The Morgan fingerprint density at radius 3 is 2.74 bits per heavy atom. The number of hydrogen-bond acceptors (Lipinski definition) is 5. The van der Waals surface area contributed by atoms with Gasteiger partial charge in [0, 0.05) is 18.5 Å². The molecule has 0 unspecified atom stereocenters. The highest BCUT2D eigenvalue weighted by atomic mass is 16.5. The summed E-state index contributed by atoms with van der Waals surface area (Å²) in [6, 6.07) is 14.0. The molecular formula is C20H18N2O5. The van der Waals surface area contributed by atoms with Gasteiger partial charge in [0.2, 0.25) is 0 Å². The van der Waals surface area contributed by atoms with Crippen LogP contribution in [0.2, 0.25) is 0 Å². The molecule has 1 amide bonds. The lowest BCUT2D eigenvalue weighted by Crippen LogP contribution is -2.29. The molecule has 2 aromatic carbocycles. The summed E-state index contributed by atoms with van der Waals surface area (Å²) < 4.78 is 10.8. The van der Waals surface area contributed by atoms with Crippen LogP contribution in [0, 0.1) is 11.3 Å². The fourth-order valence-corrected chi connectivity index (χ4v) is 3.04. The molecule has 1 aliphatic heterocycles. The number of esters is 1. The van der Waals surface area contributed by atoms with Gasteiger partial charge < -0.3 is 19.5 Å². The van der Waals surface area contributed by atoms with Gasteiger partial charge in [-0.2, -0.15) is 5.26 Å². The summed E-state index contributed by atoms with van der Waals surface area (Å²) in [5, 5.41) is 18.3. The third kappa shape index (κ3) is 4.01. The lowest BCUT2D eigenvalue weighted by atomic mass is 10.00. The van der Waals surface area contributed by atoms with Crippen molar-refractivity contribution < 1.29 is 24.2 Å². The molecule has 3 rings (SSSR count). The zero-order valence-electron chi connectivity index (χ0n) is 14.7.